The Morgan fingerprint density at radius 3 is 2.43 bits per heavy atom. The number of carbonyl (C=O) groups excluding carboxylic acids is 1. The maximum Gasteiger partial charge on any atom is 0.227 e. The first-order valence-corrected chi connectivity index (χ1v) is 8.45. The molecule has 7 heteroatoms. The lowest BCUT2D eigenvalue weighted by molar-refractivity contribution is -0.129. The number of nitrogens with two attached hydrogens (primary N) is 1. The summed E-state index contributed by atoms with van der Waals surface area (Å²) in [6.07, 6.45) is 1.21. The number of nitrogens with zero attached hydrogens (tertiary/aromatic N) is 1. The Kier molecular flexibility index (Phi) is 8.16. The SMILES string of the molecule is CCOc1cc(Br)c(CC(=O)N2CCC(N)C2)cc1OCC.Cl. The lowest BCUT2D eigenvalue weighted by atomic mass is 10.1. The molecule has 23 heavy (non-hydrogen) atoms. The third-order valence-electron chi connectivity index (χ3n) is 3.63. The van der Waals surface area contributed by atoms with Crippen LogP contribution in [0.4, 0.5) is 0 Å². The van der Waals surface area contributed by atoms with Gasteiger partial charge in [0.2, 0.25) is 5.91 Å². The molecular weight excluding hydrogens is 384 g/mol. The molecule has 2 N–H and O–H groups in total. The van der Waals surface area contributed by atoms with E-state index in [0.717, 1.165) is 23.0 Å². The van der Waals surface area contributed by atoms with Crippen LogP contribution >= 0.6 is 28.3 Å². The molecule has 130 valence electrons. The number of benzene rings is 1. The van der Waals surface area contributed by atoms with Crippen molar-refractivity contribution in [2.75, 3.05) is 26.3 Å². The zero-order chi connectivity index (χ0) is 16.1. The van der Waals surface area contributed by atoms with Crippen molar-refractivity contribution in [2.24, 2.45) is 5.73 Å². The fraction of sp³-hybridized carbons (Fsp3) is 0.562. The van der Waals surface area contributed by atoms with Crippen LogP contribution in [0.15, 0.2) is 16.6 Å². The molecule has 1 saturated heterocycles. The predicted molar refractivity (Wildman–Crippen MR) is 96.6 cm³/mol. The van der Waals surface area contributed by atoms with E-state index in [1.54, 1.807) is 0 Å². The molecule has 0 saturated carbocycles. The molecule has 0 aromatic heterocycles. The molecular formula is C16H24BrClN2O3. The van der Waals surface area contributed by atoms with Crippen LogP contribution in [-0.4, -0.2) is 43.2 Å². The number of hydrogen-bond acceptors (Lipinski definition) is 4. The first kappa shape index (κ1) is 20.1. The van der Waals surface area contributed by atoms with E-state index >= 15 is 0 Å². The molecule has 1 unspecified atom stereocenters. The second-order valence-electron chi connectivity index (χ2n) is 5.32. The van der Waals surface area contributed by atoms with E-state index in [1.807, 2.05) is 30.9 Å². The molecule has 1 aromatic rings. The molecule has 1 heterocycles. The van der Waals surface area contributed by atoms with Crippen LogP contribution < -0.4 is 15.2 Å². The first-order chi connectivity index (χ1) is 10.5. The van der Waals surface area contributed by atoms with Gasteiger partial charge in [-0.2, -0.15) is 0 Å². The lowest BCUT2D eigenvalue weighted by Gasteiger charge is -2.18. The average Bonchev–Trinajstić information content (AvgIpc) is 2.91. The van der Waals surface area contributed by atoms with Crippen LogP contribution in [0.25, 0.3) is 0 Å². The number of rotatable bonds is 6. The highest BCUT2D eigenvalue weighted by atomic mass is 79.9. The zero-order valence-corrected chi connectivity index (χ0v) is 15.9. The van der Waals surface area contributed by atoms with E-state index in [4.69, 9.17) is 15.2 Å². The standard InChI is InChI=1S/C16H23BrN2O3.ClH/c1-3-21-14-7-11(13(17)9-15(14)22-4-2)8-16(20)19-6-5-12(18)10-19;/h7,9,12H,3-6,8,10,18H2,1-2H3;1H. The fourth-order valence-corrected chi connectivity index (χ4v) is 3.00. The number of amides is 1. The van der Waals surface area contributed by atoms with E-state index in [0.29, 0.717) is 37.7 Å². The van der Waals surface area contributed by atoms with Crippen LogP contribution in [0.1, 0.15) is 25.8 Å². The molecule has 1 aliphatic heterocycles. The Balaban J connectivity index is 0.00000264. The van der Waals surface area contributed by atoms with E-state index in [2.05, 4.69) is 15.9 Å². The van der Waals surface area contributed by atoms with Crippen LogP contribution in [0.2, 0.25) is 0 Å². The summed E-state index contributed by atoms with van der Waals surface area (Å²) >= 11 is 3.52. The highest BCUT2D eigenvalue weighted by Gasteiger charge is 2.24. The largest absolute Gasteiger partial charge is 0.490 e. The third-order valence-corrected chi connectivity index (χ3v) is 4.37. The molecule has 2 rings (SSSR count). The third kappa shape index (κ3) is 5.26. The van der Waals surface area contributed by atoms with E-state index in [-0.39, 0.29) is 24.4 Å². The van der Waals surface area contributed by atoms with Crippen LogP contribution in [-0.2, 0) is 11.2 Å². The second-order valence-corrected chi connectivity index (χ2v) is 6.18. The first-order valence-electron chi connectivity index (χ1n) is 7.66. The molecule has 5 nitrogen and oxygen atoms in total. The summed E-state index contributed by atoms with van der Waals surface area (Å²) in [7, 11) is 0. The predicted octanol–water partition coefficient (Wildman–Crippen LogP) is 2.77. The topological polar surface area (TPSA) is 64.8 Å². The summed E-state index contributed by atoms with van der Waals surface area (Å²) in [6, 6.07) is 3.85. The minimum Gasteiger partial charge on any atom is -0.490 e. The van der Waals surface area contributed by atoms with Crippen molar-refractivity contribution >= 4 is 34.2 Å². The maximum absolute atomic E-state index is 12.4. The minimum atomic E-state index is 0. The number of ether oxygens (including phenoxy) is 2. The molecule has 0 radical (unpaired) electrons. The van der Waals surface area contributed by atoms with Crippen molar-refractivity contribution in [2.45, 2.75) is 32.7 Å². The summed E-state index contributed by atoms with van der Waals surface area (Å²) in [4.78, 5) is 14.2. The smallest absolute Gasteiger partial charge is 0.227 e. The monoisotopic (exact) mass is 406 g/mol. The molecule has 0 aliphatic carbocycles. The highest BCUT2D eigenvalue weighted by molar-refractivity contribution is 9.10. The quantitative estimate of drug-likeness (QED) is 0.787. The number of halogens is 2. The van der Waals surface area contributed by atoms with Crippen LogP contribution in [0, 0.1) is 0 Å². The molecule has 0 spiro atoms. The number of carbonyl (C=O) groups is 1. The summed E-state index contributed by atoms with van der Waals surface area (Å²) in [6.45, 7) is 6.36. The summed E-state index contributed by atoms with van der Waals surface area (Å²) < 4.78 is 12.1. The van der Waals surface area contributed by atoms with E-state index in [9.17, 15) is 4.79 Å². The van der Waals surface area contributed by atoms with Gasteiger partial charge in [-0.3, -0.25) is 4.79 Å². The fourth-order valence-electron chi connectivity index (χ4n) is 2.54. The Morgan fingerprint density at radius 1 is 1.30 bits per heavy atom. The van der Waals surface area contributed by atoms with Gasteiger partial charge in [0.1, 0.15) is 0 Å². The van der Waals surface area contributed by atoms with E-state index in [1.165, 1.54) is 0 Å². The van der Waals surface area contributed by atoms with Gasteiger partial charge >= 0.3 is 0 Å². The van der Waals surface area contributed by atoms with Crippen molar-refractivity contribution in [1.29, 1.82) is 0 Å². The highest BCUT2D eigenvalue weighted by Crippen LogP contribution is 2.34. The van der Waals surface area contributed by atoms with Crippen molar-refractivity contribution in [3.05, 3.63) is 22.2 Å². The Bertz CT molecular complexity index is 542. The van der Waals surface area contributed by atoms with Crippen molar-refractivity contribution in [1.82, 2.24) is 4.90 Å². The normalized spacial score (nSPS) is 16.9. The maximum atomic E-state index is 12.4. The van der Waals surface area contributed by atoms with Gasteiger partial charge in [0.25, 0.3) is 0 Å². The summed E-state index contributed by atoms with van der Waals surface area (Å²) in [5.41, 5.74) is 6.76. The molecule has 1 fully saturated rings. The van der Waals surface area contributed by atoms with Gasteiger partial charge in [-0.15, -0.1) is 12.4 Å². The summed E-state index contributed by atoms with van der Waals surface area (Å²) in [5.74, 6) is 1.46. The van der Waals surface area contributed by atoms with Gasteiger partial charge in [0, 0.05) is 23.6 Å². The van der Waals surface area contributed by atoms with Gasteiger partial charge in [-0.1, -0.05) is 15.9 Å². The number of likely N-dealkylation sites (tertiary alicyclic amines) is 1. The van der Waals surface area contributed by atoms with Crippen molar-refractivity contribution in [3.8, 4) is 11.5 Å². The van der Waals surface area contributed by atoms with E-state index < -0.39 is 0 Å². The number of hydrogen-bond donors (Lipinski definition) is 1. The molecule has 0 bridgehead atoms. The zero-order valence-electron chi connectivity index (χ0n) is 13.5. The Hall–Kier alpha value is -0.980. The minimum absolute atomic E-state index is 0. The molecule has 1 aliphatic rings. The van der Waals surface area contributed by atoms with Gasteiger partial charge in [0.15, 0.2) is 11.5 Å². The van der Waals surface area contributed by atoms with Gasteiger partial charge in [-0.05, 0) is 38.0 Å². The van der Waals surface area contributed by atoms with Crippen LogP contribution in [0.5, 0.6) is 11.5 Å². The van der Waals surface area contributed by atoms with Crippen LogP contribution in [0.3, 0.4) is 0 Å². The van der Waals surface area contributed by atoms with Gasteiger partial charge in [-0.25, -0.2) is 0 Å². The Morgan fingerprint density at radius 2 is 1.91 bits per heavy atom. The Labute approximate surface area is 152 Å². The van der Waals surface area contributed by atoms with Gasteiger partial charge in [0.05, 0.1) is 19.6 Å². The molecule has 1 amide bonds. The van der Waals surface area contributed by atoms with Crippen molar-refractivity contribution in [3.63, 3.8) is 0 Å². The van der Waals surface area contributed by atoms with Crippen molar-refractivity contribution < 1.29 is 14.3 Å². The van der Waals surface area contributed by atoms with Gasteiger partial charge < -0.3 is 20.1 Å². The molecule has 1 atom stereocenters. The second kappa shape index (κ2) is 9.35. The molecule has 1 aromatic carbocycles. The summed E-state index contributed by atoms with van der Waals surface area (Å²) in [5, 5.41) is 0. The lowest BCUT2D eigenvalue weighted by Crippen LogP contribution is -2.33. The average molecular weight is 408 g/mol.